The number of ether oxygens (including phenoxy) is 1. The van der Waals surface area contributed by atoms with Gasteiger partial charge in [-0.2, -0.15) is 0 Å². The lowest BCUT2D eigenvalue weighted by atomic mass is 10.4. The molecule has 94 valence electrons. The van der Waals surface area contributed by atoms with Crippen LogP contribution in [0.15, 0.2) is 12.4 Å². The summed E-state index contributed by atoms with van der Waals surface area (Å²) in [6.07, 6.45) is 5.91. The highest BCUT2D eigenvalue weighted by Gasteiger charge is 2.20. The fourth-order valence-corrected chi connectivity index (χ4v) is 1.48. The molecule has 0 amide bonds. The fourth-order valence-electron chi connectivity index (χ4n) is 1.48. The summed E-state index contributed by atoms with van der Waals surface area (Å²) in [5.74, 6) is 1.61. The van der Waals surface area contributed by atoms with Crippen LogP contribution in [0.25, 0.3) is 0 Å². The molecule has 1 aliphatic carbocycles. The Kier molecular flexibility index (Phi) is 4.28. The number of rotatable bonds is 7. The molecule has 1 saturated carbocycles. The lowest BCUT2D eigenvalue weighted by molar-refractivity contribution is 0.130. The first-order valence-electron chi connectivity index (χ1n) is 6.00. The van der Waals surface area contributed by atoms with E-state index in [2.05, 4.69) is 9.97 Å². The molecule has 0 aliphatic heterocycles. The van der Waals surface area contributed by atoms with Gasteiger partial charge in [0.05, 0.1) is 31.3 Å². The number of hydrogen-bond donors (Lipinski definition) is 1. The number of aliphatic hydroxyl groups excluding tert-OH is 1. The number of aromatic nitrogens is 2. The predicted molar refractivity (Wildman–Crippen MR) is 64.8 cm³/mol. The van der Waals surface area contributed by atoms with E-state index in [1.165, 1.54) is 12.8 Å². The first-order valence-corrected chi connectivity index (χ1v) is 6.00. The van der Waals surface area contributed by atoms with Gasteiger partial charge in [-0.05, 0) is 18.8 Å². The highest BCUT2D eigenvalue weighted by Crippen LogP contribution is 2.28. The molecule has 1 fully saturated rings. The monoisotopic (exact) mass is 237 g/mol. The van der Waals surface area contributed by atoms with Crippen LogP contribution in [0.5, 0.6) is 0 Å². The largest absolute Gasteiger partial charge is 0.390 e. The molecule has 1 aromatic heterocycles. The van der Waals surface area contributed by atoms with Crippen molar-refractivity contribution in [2.75, 3.05) is 31.7 Å². The Bertz CT molecular complexity index is 338. The Morgan fingerprint density at radius 3 is 2.82 bits per heavy atom. The zero-order valence-corrected chi connectivity index (χ0v) is 10.2. The second-order valence-corrected chi connectivity index (χ2v) is 4.46. The first-order chi connectivity index (χ1) is 8.29. The van der Waals surface area contributed by atoms with Crippen molar-refractivity contribution >= 4 is 5.82 Å². The van der Waals surface area contributed by atoms with E-state index in [0.717, 1.165) is 31.5 Å². The average molecular weight is 237 g/mol. The van der Waals surface area contributed by atoms with E-state index in [0.29, 0.717) is 5.69 Å². The van der Waals surface area contributed by atoms with Crippen LogP contribution >= 0.6 is 0 Å². The Labute approximate surface area is 101 Å². The van der Waals surface area contributed by atoms with Crippen LogP contribution in [-0.2, 0) is 11.3 Å². The van der Waals surface area contributed by atoms with Gasteiger partial charge in [0.2, 0.25) is 0 Å². The van der Waals surface area contributed by atoms with Gasteiger partial charge in [-0.3, -0.25) is 4.98 Å². The molecule has 1 N–H and O–H groups in total. The Morgan fingerprint density at radius 1 is 1.41 bits per heavy atom. The van der Waals surface area contributed by atoms with E-state index in [1.807, 2.05) is 11.9 Å². The molecular weight excluding hydrogens is 218 g/mol. The maximum atomic E-state index is 8.86. The number of hydrogen-bond acceptors (Lipinski definition) is 5. The normalized spacial score (nSPS) is 14.9. The molecule has 0 unspecified atom stereocenters. The van der Waals surface area contributed by atoms with E-state index < -0.39 is 0 Å². The van der Waals surface area contributed by atoms with Crippen LogP contribution < -0.4 is 4.90 Å². The maximum Gasteiger partial charge on any atom is 0.146 e. The third-order valence-corrected chi connectivity index (χ3v) is 2.87. The lowest BCUT2D eigenvalue weighted by Crippen LogP contribution is -2.24. The molecule has 0 saturated heterocycles. The molecular formula is C12H19N3O2. The Balaban J connectivity index is 1.71. The quantitative estimate of drug-likeness (QED) is 0.712. The van der Waals surface area contributed by atoms with E-state index >= 15 is 0 Å². The summed E-state index contributed by atoms with van der Waals surface area (Å²) >= 11 is 0. The summed E-state index contributed by atoms with van der Waals surface area (Å²) in [7, 11) is 1.96. The zero-order chi connectivity index (χ0) is 12.1. The average Bonchev–Trinajstić information content (AvgIpc) is 3.18. The number of nitrogens with zero attached hydrogens (tertiary/aromatic N) is 3. The van der Waals surface area contributed by atoms with Crippen LogP contribution in [0.2, 0.25) is 0 Å². The smallest absolute Gasteiger partial charge is 0.146 e. The zero-order valence-electron chi connectivity index (χ0n) is 10.2. The van der Waals surface area contributed by atoms with Gasteiger partial charge in [0, 0.05) is 20.2 Å². The molecule has 0 radical (unpaired) electrons. The van der Waals surface area contributed by atoms with Crippen molar-refractivity contribution in [3.8, 4) is 0 Å². The third kappa shape index (κ3) is 3.94. The van der Waals surface area contributed by atoms with Gasteiger partial charge < -0.3 is 14.7 Å². The maximum absolute atomic E-state index is 8.86. The van der Waals surface area contributed by atoms with Crippen molar-refractivity contribution in [3.05, 3.63) is 18.1 Å². The van der Waals surface area contributed by atoms with Gasteiger partial charge in [0.15, 0.2) is 0 Å². The fraction of sp³-hybridized carbons (Fsp3) is 0.667. The van der Waals surface area contributed by atoms with Gasteiger partial charge >= 0.3 is 0 Å². The summed E-state index contributed by atoms with van der Waals surface area (Å²) in [4.78, 5) is 10.3. The second kappa shape index (κ2) is 5.93. The topological polar surface area (TPSA) is 58.5 Å². The lowest BCUT2D eigenvalue weighted by Gasteiger charge is -2.17. The summed E-state index contributed by atoms with van der Waals surface area (Å²) < 4.78 is 5.56. The van der Waals surface area contributed by atoms with Crippen molar-refractivity contribution in [2.24, 2.45) is 5.92 Å². The summed E-state index contributed by atoms with van der Waals surface area (Å²) in [5, 5.41) is 8.86. The summed E-state index contributed by atoms with van der Waals surface area (Å²) in [6.45, 7) is 2.35. The minimum absolute atomic E-state index is 0.0680. The van der Waals surface area contributed by atoms with Gasteiger partial charge in [0.1, 0.15) is 5.82 Å². The minimum atomic E-state index is -0.0680. The number of anilines is 1. The van der Waals surface area contributed by atoms with E-state index in [4.69, 9.17) is 9.84 Å². The molecule has 5 nitrogen and oxygen atoms in total. The molecule has 1 aliphatic rings. The van der Waals surface area contributed by atoms with E-state index in [9.17, 15) is 0 Å². The molecule has 0 bridgehead atoms. The van der Waals surface area contributed by atoms with Crippen LogP contribution in [0.3, 0.4) is 0 Å². The predicted octanol–water partition coefficient (Wildman–Crippen LogP) is 0.832. The van der Waals surface area contributed by atoms with Crippen LogP contribution in [0, 0.1) is 5.92 Å². The standard InChI is InChI=1S/C12H19N3O2/c1-15(4-5-17-9-10-2-3-10)12-7-13-11(8-16)6-14-12/h6-7,10,16H,2-5,8-9H2,1H3. The molecule has 0 spiro atoms. The number of likely N-dealkylation sites (N-methyl/N-ethyl adjacent to an activating group) is 1. The first kappa shape index (κ1) is 12.3. The number of aliphatic hydroxyl groups is 1. The Morgan fingerprint density at radius 2 is 2.24 bits per heavy atom. The van der Waals surface area contributed by atoms with Gasteiger partial charge in [-0.25, -0.2) is 4.98 Å². The molecule has 1 aromatic rings. The van der Waals surface area contributed by atoms with Gasteiger partial charge in [-0.15, -0.1) is 0 Å². The molecule has 1 heterocycles. The third-order valence-electron chi connectivity index (χ3n) is 2.87. The van der Waals surface area contributed by atoms with Crippen molar-refractivity contribution in [1.29, 1.82) is 0 Å². The molecule has 17 heavy (non-hydrogen) atoms. The minimum Gasteiger partial charge on any atom is -0.390 e. The van der Waals surface area contributed by atoms with E-state index in [-0.39, 0.29) is 6.61 Å². The summed E-state index contributed by atoms with van der Waals surface area (Å²) in [6, 6.07) is 0. The van der Waals surface area contributed by atoms with Gasteiger partial charge in [-0.1, -0.05) is 0 Å². The molecule has 2 rings (SSSR count). The molecule has 0 aromatic carbocycles. The molecule has 5 heteroatoms. The van der Waals surface area contributed by atoms with Crippen LogP contribution in [0.1, 0.15) is 18.5 Å². The highest BCUT2D eigenvalue weighted by atomic mass is 16.5. The van der Waals surface area contributed by atoms with Crippen molar-refractivity contribution in [1.82, 2.24) is 9.97 Å². The SMILES string of the molecule is CN(CCOCC1CC1)c1cnc(CO)cn1. The van der Waals surface area contributed by atoms with Gasteiger partial charge in [0.25, 0.3) is 0 Å². The second-order valence-electron chi connectivity index (χ2n) is 4.46. The molecule has 0 atom stereocenters. The highest BCUT2D eigenvalue weighted by molar-refractivity contribution is 5.34. The van der Waals surface area contributed by atoms with Crippen LogP contribution in [0.4, 0.5) is 5.82 Å². The van der Waals surface area contributed by atoms with Crippen molar-refractivity contribution in [3.63, 3.8) is 0 Å². The summed E-state index contributed by atoms with van der Waals surface area (Å²) in [5.41, 5.74) is 0.590. The van der Waals surface area contributed by atoms with Crippen molar-refractivity contribution in [2.45, 2.75) is 19.4 Å². The van der Waals surface area contributed by atoms with E-state index in [1.54, 1.807) is 12.4 Å². The van der Waals surface area contributed by atoms with Crippen LogP contribution in [-0.4, -0.2) is 41.9 Å². The Hall–Kier alpha value is -1.20. The van der Waals surface area contributed by atoms with Crippen molar-refractivity contribution < 1.29 is 9.84 Å².